The fraction of sp³-hybridized carbons (Fsp3) is 0.333. The first-order valence-corrected chi connectivity index (χ1v) is 1.52. The average Bonchev–Trinajstić information content (AvgIpc) is 1.37. The molecule has 0 atom stereocenters. The van der Waals surface area contributed by atoms with E-state index in [1.807, 2.05) is 6.08 Å². The van der Waals surface area contributed by atoms with Gasteiger partial charge in [0.2, 0.25) is 0 Å². The fourth-order valence-electron chi connectivity index (χ4n) is 0. The molecule has 0 aliphatic rings. The van der Waals surface area contributed by atoms with Crippen LogP contribution in [0.1, 0.15) is 0 Å². The van der Waals surface area contributed by atoms with Crippen molar-refractivity contribution in [3.63, 3.8) is 0 Å². The Morgan fingerprint density at radius 3 is 2.00 bits per heavy atom. The molecular weight excluding hydrogens is 53.8 g/mol. The molecule has 0 aliphatic carbocycles. The second-order valence-corrected chi connectivity index (χ2v) is 0.697. The molecule has 0 aromatic rings. The Morgan fingerprint density at radius 1 is 1.80 bits per heavy atom. The van der Waals surface area contributed by atoms with Crippen molar-refractivity contribution in [2.75, 3.05) is 0 Å². The molecule has 0 bridgehead atoms. The second kappa shape index (κ2) is 8.83. The van der Waals surface area contributed by atoms with Gasteiger partial charge in [0.25, 0.3) is 0 Å². The van der Waals surface area contributed by atoms with Crippen LogP contribution in [0.4, 0.5) is 0 Å². The summed E-state index contributed by atoms with van der Waals surface area (Å²) in [6.07, 6.45) is 1.88. The third kappa shape index (κ3) is 12.9. The molecule has 0 aromatic carbocycles. The van der Waals surface area contributed by atoms with E-state index in [0.717, 1.165) is 5.09 Å². The standard InChI is InChI=1S/C3H5.BH3.Li/c1-3-2;;/h3H,1-2H2;1H3;. The van der Waals surface area contributed by atoms with Gasteiger partial charge in [-0.25, -0.2) is 0 Å². The molecule has 0 fully saturated rings. The van der Waals surface area contributed by atoms with E-state index in [0.29, 0.717) is 0 Å². The summed E-state index contributed by atoms with van der Waals surface area (Å²) in [6, 6.07) is 0. The van der Waals surface area contributed by atoms with Gasteiger partial charge in [-0.1, -0.05) is 0 Å². The molecule has 0 unspecified atom stereocenters. The summed E-state index contributed by atoms with van der Waals surface area (Å²) in [5, 5.41) is 1.08. The van der Waals surface area contributed by atoms with Crippen molar-refractivity contribution < 1.29 is 0 Å². The van der Waals surface area contributed by atoms with Crippen molar-refractivity contribution in [3.05, 3.63) is 12.7 Å². The molecule has 0 spiro atoms. The normalized spacial score (nSPS) is 5.20. The van der Waals surface area contributed by atoms with Crippen LogP contribution in [0.15, 0.2) is 12.7 Å². The molecule has 0 aliphatic heterocycles. The van der Waals surface area contributed by atoms with Gasteiger partial charge >= 0.3 is 35.5 Å². The Labute approximate surface area is 44.4 Å². The predicted octanol–water partition coefficient (Wildman–Crippen LogP) is -0.425. The topological polar surface area (TPSA) is 0 Å². The van der Waals surface area contributed by atoms with Gasteiger partial charge in [0.1, 0.15) is 0 Å². The first-order valence-electron chi connectivity index (χ1n) is 1.52. The van der Waals surface area contributed by atoms with E-state index in [-0.39, 0.29) is 8.41 Å². The van der Waals surface area contributed by atoms with E-state index in [4.69, 9.17) is 0 Å². The molecule has 0 heterocycles. The SMILES string of the molecule is B.[Li][CH2]C=C. The van der Waals surface area contributed by atoms with E-state index < -0.39 is 0 Å². The molecule has 0 amide bonds. The first kappa shape index (κ1) is 9.04. The summed E-state index contributed by atoms with van der Waals surface area (Å²) in [5.74, 6) is 0. The van der Waals surface area contributed by atoms with E-state index in [1.165, 1.54) is 0 Å². The van der Waals surface area contributed by atoms with Crippen molar-refractivity contribution >= 4 is 26.1 Å². The van der Waals surface area contributed by atoms with Gasteiger partial charge in [-0.3, -0.25) is 0 Å². The number of hydrogen-bond donors (Lipinski definition) is 0. The van der Waals surface area contributed by atoms with Crippen LogP contribution in [0, 0.1) is 0 Å². The first-order chi connectivity index (χ1) is 1.91. The third-order valence-corrected chi connectivity index (χ3v) is 0.289. The molecule has 0 saturated heterocycles. The van der Waals surface area contributed by atoms with Gasteiger partial charge in [-0.05, 0) is 0 Å². The summed E-state index contributed by atoms with van der Waals surface area (Å²) in [4.78, 5) is 0. The van der Waals surface area contributed by atoms with Gasteiger partial charge in [-0.15, -0.1) is 0 Å². The van der Waals surface area contributed by atoms with Crippen LogP contribution in [0.3, 0.4) is 0 Å². The van der Waals surface area contributed by atoms with Crippen LogP contribution >= 0.6 is 0 Å². The summed E-state index contributed by atoms with van der Waals surface area (Å²) >= 11 is 2.06. The maximum absolute atomic E-state index is 3.48. The number of rotatable bonds is 1. The monoisotopic (exact) mass is 62.1 g/mol. The Bertz CT molecular complexity index is 20.9. The number of allylic oxidation sites excluding steroid dienone is 1. The Morgan fingerprint density at radius 2 is 2.00 bits per heavy atom. The molecule has 0 N–H and O–H groups in total. The molecule has 24 valence electrons. The van der Waals surface area contributed by atoms with E-state index >= 15 is 0 Å². The third-order valence-electron chi connectivity index (χ3n) is 0.289. The zero-order valence-corrected chi connectivity index (χ0v) is 2.99. The summed E-state index contributed by atoms with van der Waals surface area (Å²) < 4.78 is 0. The second-order valence-electron chi connectivity index (χ2n) is 0.697. The molecule has 0 saturated carbocycles. The van der Waals surface area contributed by atoms with Crippen LogP contribution < -0.4 is 0 Å². The minimum absolute atomic E-state index is 0. The van der Waals surface area contributed by atoms with Crippen LogP contribution in [0.2, 0.25) is 5.09 Å². The van der Waals surface area contributed by atoms with Crippen molar-refractivity contribution in [1.29, 1.82) is 0 Å². The molecule has 5 heavy (non-hydrogen) atoms. The van der Waals surface area contributed by atoms with E-state index in [1.54, 1.807) is 0 Å². The van der Waals surface area contributed by atoms with Gasteiger partial charge in [0.15, 0.2) is 0 Å². The van der Waals surface area contributed by atoms with Gasteiger partial charge < -0.3 is 0 Å². The maximum atomic E-state index is 3.48. The quantitative estimate of drug-likeness (QED) is 0.285. The molecule has 0 aromatic heterocycles. The Hall–Kier alpha value is 0.402. The Kier molecular flexibility index (Phi) is 16.0. The van der Waals surface area contributed by atoms with Gasteiger partial charge in [0.05, 0.1) is 8.41 Å². The van der Waals surface area contributed by atoms with E-state index in [9.17, 15) is 0 Å². The minimum atomic E-state index is 0. The van der Waals surface area contributed by atoms with Crippen LogP contribution in [0.5, 0.6) is 0 Å². The van der Waals surface area contributed by atoms with Crippen LogP contribution in [-0.4, -0.2) is 26.1 Å². The van der Waals surface area contributed by atoms with Gasteiger partial charge in [0, 0.05) is 0 Å². The predicted molar refractivity (Wildman–Crippen MR) is 30.7 cm³/mol. The summed E-state index contributed by atoms with van der Waals surface area (Å²) in [6.45, 7) is 3.48. The average molecular weight is 61.9 g/mol. The van der Waals surface area contributed by atoms with Crippen LogP contribution in [0.25, 0.3) is 0 Å². The van der Waals surface area contributed by atoms with Crippen molar-refractivity contribution in [1.82, 2.24) is 0 Å². The summed E-state index contributed by atoms with van der Waals surface area (Å²) in [7, 11) is 0. The molecule has 0 radical (unpaired) electrons. The van der Waals surface area contributed by atoms with Crippen molar-refractivity contribution in [2.24, 2.45) is 0 Å². The molecular formula is C3H8BLi. The van der Waals surface area contributed by atoms with Crippen LogP contribution in [-0.2, 0) is 0 Å². The fourth-order valence-corrected chi connectivity index (χ4v) is 0. The molecule has 2 heteroatoms. The molecule has 0 nitrogen and oxygen atoms in total. The Balaban J connectivity index is 0. The van der Waals surface area contributed by atoms with E-state index in [2.05, 4.69) is 24.3 Å². The zero-order valence-electron chi connectivity index (χ0n) is 2.99. The summed E-state index contributed by atoms with van der Waals surface area (Å²) in [5.41, 5.74) is 0. The molecule has 0 rings (SSSR count). The zero-order chi connectivity index (χ0) is 3.41. The van der Waals surface area contributed by atoms with Crippen molar-refractivity contribution in [3.8, 4) is 0 Å². The van der Waals surface area contributed by atoms with Crippen molar-refractivity contribution in [2.45, 2.75) is 5.09 Å². The van der Waals surface area contributed by atoms with Gasteiger partial charge in [-0.2, -0.15) is 0 Å². The number of hydrogen-bond acceptors (Lipinski definition) is 0.